The molecular weight excluding hydrogens is 641 g/mol. The normalized spacial score (nSPS) is 11.9. The van der Waals surface area contributed by atoms with Gasteiger partial charge in [0, 0.05) is 38.4 Å². The van der Waals surface area contributed by atoms with Gasteiger partial charge in [-0.3, -0.25) is 4.57 Å². The summed E-state index contributed by atoms with van der Waals surface area (Å²) in [6, 6.07) is 58.7. The summed E-state index contributed by atoms with van der Waals surface area (Å²) in [5.74, 6) is 0.675. The molecule has 0 saturated heterocycles. The largest absolute Gasteiger partial charge is 0.309 e. The van der Waals surface area contributed by atoms with E-state index in [0.29, 0.717) is 5.95 Å². The fourth-order valence-corrected chi connectivity index (χ4v) is 8.86. The van der Waals surface area contributed by atoms with Gasteiger partial charge in [0.1, 0.15) is 0 Å². The van der Waals surface area contributed by atoms with E-state index in [0.717, 1.165) is 38.2 Å². The van der Waals surface area contributed by atoms with Crippen molar-refractivity contribution in [3.63, 3.8) is 0 Å². The minimum atomic E-state index is 0.675. The molecule has 4 aromatic heterocycles. The molecular formula is C46H28N4S. The zero-order chi connectivity index (χ0) is 33.5. The summed E-state index contributed by atoms with van der Waals surface area (Å²) < 4.78 is 5.77. The Kier molecular flexibility index (Phi) is 6.09. The van der Waals surface area contributed by atoms with E-state index in [1.807, 2.05) is 6.07 Å². The van der Waals surface area contributed by atoms with Crippen LogP contribution in [0.3, 0.4) is 0 Å². The summed E-state index contributed by atoms with van der Waals surface area (Å²) >= 11 is 1.69. The lowest BCUT2D eigenvalue weighted by Gasteiger charge is -2.12. The van der Waals surface area contributed by atoms with Gasteiger partial charge in [-0.05, 0) is 64.2 Å². The van der Waals surface area contributed by atoms with Crippen LogP contribution in [0.15, 0.2) is 169 Å². The number of benzene rings is 7. The van der Waals surface area contributed by atoms with Crippen LogP contribution < -0.4 is 0 Å². The Morgan fingerprint density at radius 3 is 2.08 bits per heavy atom. The zero-order valence-corrected chi connectivity index (χ0v) is 28.2. The van der Waals surface area contributed by atoms with Gasteiger partial charge in [0.15, 0.2) is 0 Å². The number of para-hydroxylation sites is 3. The standard InChI is InChI=1S/C46H28N4S/c1-3-13-30(14-4-1)43-45-38(26-27-51-45)47-46(48-43)50-40-24-23-31(28-37(40)42-33-17-8-7-12-29(33)22-25-41(42)50)34-19-11-20-36-35-18-9-10-21-39(35)49(44(34)36)32-15-5-2-6-16-32/h1-28H. The summed E-state index contributed by atoms with van der Waals surface area (Å²) in [6.45, 7) is 0. The Morgan fingerprint density at radius 1 is 0.471 bits per heavy atom. The molecule has 0 amide bonds. The fourth-order valence-electron chi connectivity index (χ4n) is 8.01. The van der Waals surface area contributed by atoms with Crippen LogP contribution in [0, 0.1) is 0 Å². The van der Waals surface area contributed by atoms with E-state index in [9.17, 15) is 0 Å². The molecule has 0 aliphatic heterocycles. The summed E-state index contributed by atoms with van der Waals surface area (Å²) in [7, 11) is 0. The van der Waals surface area contributed by atoms with Gasteiger partial charge in [0.2, 0.25) is 5.95 Å². The van der Waals surface area contributed by atoms with Crippen LogP contribution in [0.25, 0.3) is 98.6 Å². The molecule has 0 fully saturated rings. The first-order chi connectivity index (χ1) is 25.3. The van der Waals surface area contributed by atoms with Crippen molar-refractivity contribution in [3.8, 4) is 34.0 Å². The maximum absolute atomic E-state index is 5.32. The number of aromatic nitrogens is 4. The van der Waals surface area contributed by atoms with Crippen molar-refractivity contribution in [2.24, 2.45) is 0 Å². The molecule has 51 heavy (non-hydrogen) atoms. The predicted molar refractivity (Wildman–Crippen MR) is 214 cm³/mol. The maximum Gasteiger partial charge on any atom is 0.235 e. The molecule has 4 nitrogen and oxygen atoms in total. The third-order valence-corrected chi connectivity index (χ3v) is 11.1. The Morgan fingerprint density at radius 2 is 1.20 bits per heavy atom. The summed E-state index contributed by atoms with van der Waals surface area (Å²) in [4.78, 5) is 10.5. The Bertz CT molecular complexity index is 3130. The second-order valence-corrected chi connectivity index (χ2v) is 13.9. The minimum Gasteiger partial charge on any atom is -0.309 e. The molecule has 0 N–H and O–H groups in total. The first kappa shape index (κ1) is 28.3. The van der Waals surface area contributed by atoms with Crippen molar-refractivity contribution in [2.75, 3.05) is 0 Å². The molecule has 4 heterocycles. The second kappa shape index (κ2) is 11.0. The molecule has 11 rings (SSSR count). The Balaban J connectivity index is 1.23. The first-order valence-electron chi connectivity index (χ1n) is 17.2. The third-order valence-electron chi connectivity index (χ3n) is 10.2. The summed E-state index contributed by atoms with van der Waals surface area (Å²) in [5, 5.41) is 9.40. The number of hydrogen-bond acceptors (Lipinski definition) is 3. The van der Waals surface area contributed by atoms with Crippen LogP contribution in [0.1, 0.15) is 0 Å². The van der Waals surface area contributed by atoms with E-state index >= 15 is 0 Å². The predicted octanol–water partition coefficient (Wildman–Crippen LogP) is 12.4. The van der Waals surface area contributed by atoms with Crippen LogP contribution in [0.5, 0.6) is 0 Å². The third kappa shape index (κ3) is 4.19. The molecule has 0 spiro atoms. The lowest BCUT2D eigenvalue weighted by molar-refractivity contribution is 1.02. The van der Waals surface area contributed by atoms with Crippen molar-refractivity contribution in [1.29, 1.82) is 0 Å². The lowest BCUT2D eigenvalue weighted by Crippen LogP contribution is -2.02. The van der Waals surface area contributed by atoms with Gasteiger partial charge in [-0.2, -0.15) is 0 Å². The van der Waals surface area contributed by atoms with Crippen LogP contribution >= 0.6 is 11.3 Å². The number of thiophene rings is 1. The quantitative estimate of drug-likeness (QED) is 0.187. The monoisotopic (exact) mass is 668 g/mol. The highest BCUT2D eigenvalue weighted by molar-refractivity contribution is 7.17. The highest BCUT2D eigenvalue weighted by Crippen LogP contribution is 2.42. The fraction of sp³-hybridized carbons (Fsp3) is 0. The topological polar surface area (TPSA) is 35.6 Å². The van der Waals surface area contributed by atoms with Crippen LogP contribution in [0.4, 0.5) is 0 Å². The van der Waals surface area contributed by atoms with E-state index in [1.165, 1.54) is 54.5 Å². The highest BCUT2D eigenvalue weighted by Gasteiger charge is 2.21. The summed E-state index contributed by atoms with van der Waals surface area (Å²) in [6.07, 6.45) is 0. The number of hydrogen-bond donors (Lipinski definition) is 0. The molecule has 0 unspecified atom stereocenters. The number of rotatable bonds is 4. The van der Waals surface area contributed by atoms with Gasteiger partial charge in [0.25, 0.3) is 0 Å². The van der Waals surface area contributed by atoms with Crippen molar-refractivity contribution in [1.82, 2.24) is 19.1 Å². The molecule has 11 aromatic rings. The van der Waals surface area contributed by atoms with E-state index < -0.39 is 0 Å². The van der Waals surface area contributed by atoms with Crippen molar-refractivity contribution >= 4 is 75.9 Å². The lowest BCUT2D eigenvalue weighted by atomic mass is 9.98. The van der Waals surface area contributed by atoms with Crippen LogP contribution in [-0.2, 0) is 0 Å². The second-order valence-electron chi connectivity index (χ2n) is 13.0. The molecule has 0 atom stereocenters. The zero-order valence-electron chi connectivity index (χ0n) is 27.4. The number of nitrogens with zero attached hydrogens (tertiary/aromatic N) is 4. The van der Waals surface area contributed by atoms with Crippen molar-refractivity contribution in [3.05, 3.63) is 169 Å². The van der Waals surface area contributed by atoms with Crippen molar-refractivity contribution in [2.45, 2.75) is 0 Å². The molecule has 0 bridgehead atoms. The average molecular weight is 669 g/mol. The smallest absolute Gasteiger partial charge is 0.235 e. The molecule has 7 aromatic carbocycles. The number of fused-ring (bicyclic) bond motifs is 9. The molecule has 0 radical (unpaired) electrons. The van der Waals surface area contributed by atoms with Crippen LogP contribution in [-0.4, -0.2) is 19.1 Å². The van der Waals surface area contributed by atoms with E-state index in [-0.39, 0.29) is 0 Å². The van der Waals surface area contributed by atoms with Gasteiger partial charge in [-0.25, -0.2) is 9.97 Å². The minimum absolute atomic E-state index is 0.675. The SMILES string of the molecule is c1ccc(-c2nc(-n3c4ccc(-c5cccc6c7ccccc7n(-c7ccccc7)c56)cc4c4c5ccccc5ccc43)nc3ccsc23)cc1. The molecule has 238 valence electrons. The first-order valence-corrected chi connectivity index (χ1v) is 18.0. The highest BCUT2D eigenvalue weighted by atomic mass is 32.1. The summed E-state index contributed by atoms with van der Waals surface area (Å²) in [5.41, 5.74) is 11.1. The molecule has 0 aliphatic rings. The van der Waals surface area contributed by atoms with Crippen molar-refractivity contribution < 1.29 is 0 Å². The van der Waals surface area contributed by atoms with E-state index in [4.69, 9.17) is 9.97 Å². The van der Waals surface area contributed by atoms with E-state index in [1.54, 1.807) is 11.3 Å². The van der Waals surface area contributed by atoms with Gasteiger partial charge in [-0.15, -0.1) is 11.3 Å². The molecule has 0 aliphatic carbocycles. The molecule has 0 saturated carbocycles. The van der Waals surface area contributed by atoms with Gasteiger partial charge in [-0.1, -0.05) is 121 Å². The van der Waals surface area contributed by atoms with Gasteiger partial charge >= 0.3 is 0 Å². The maximum atomic E-state index is 5.32. The molecule has 5 heteroatoms. The Labute approximate surface area is 297 Å². The van der Waals surface area contributed by atoms with E-state index in [2.05, 4.69) is 172 Å². The van der Waals surface area contributed by atoms with Gasteiger partial charge < -0.3 is 4.57 Å². The average Bonchev–Trinajstić information content (AvgIpc) is 3.90. The Hall–Kier alpha value is -6.56. The van der Waals surface area contributed by atoms with Gasteiger partial charge in [0.05, 0.1) is 38.0 Å². The van der Waals surface area contributed by atoms with Crippen LogP contribution in [0.2, 0.25) is 0 Å².